The molecule has 2 aromatic carbocycles. The third kappa shape index (κ3) is 11.8. The normalized spacial score (nSPS) is 15.9. The highest BCUT2D eigenvalue weighted by molar-refractivity contribution is 5.85. The van der Waals surface area contributed by atoms with Gasteiger partial charge in [-0.3, -0.25) is 0 Å². The molecule has 1 fully saturated rings. The Balaban J connectivity index is 0.000000303. The maximum Gasteiger partial charge on any atom is 0.116 e. The maximum absolute atomic E-state index is 9.39. The Bertz CT molecular complexity index is 856. The number of fused-ring (bicyclic) bond motifs is 1. The van der Waals surface area contributed by atoms with Crippen LogP contribution in [-0.4, -0.2) is 23.4 Å². The number of hydrogen-bond donors (Lipinski definition) is 4. The second-order valence-electron chi connectivity index (χ2n) is 11.1. The Kier molecular flexibility index (Phi) is 13.2. The molecule has 1 unspecified atom stereocenters. The summed E-state index contributed by atoms with van der Waals surface area (Å²) >= 11 is 0. The van der Waals surface area contributed by atoms with E-state index in [4.69, 9.17) is 11.6 Å². The first-order valence-electron chi connectivity index (χ1n) is 12.8. The largest absolute Gasteiger partial charge is 0.508 e. The van der Waals surface area contributed by atoms with Gasteiger partial charge in [0, 0.05) is 24.8 Å². The number of hydrazone groups is 1. The predicted molar refractivity (Wildman–Crippen MR) is 149 cm³/mol. The molecule has 0 radical (unpaired) electrons. The van der Waals surface area contributed by atoms with Crippen LogP contribution in [0, 0.1) is 17.3 Å². The van der Waals surface area contributed by atoms with Gasteiger partial charge in [0.15, 0.2) is 0 Å². The van der Waals surface area contributed by atoms with E-state index < -0.39 is 0 Å². The highest BCUT2D eigenvalue weighted by Crippen LogP contribution is 2.37. The lowest BCUT2D eigenvalue weighted by molar-refractivity contribution is 0.180. The van der Waals surface area contributed by atoms with Crippen LogP contribution in [0.5, 0.6) is 5.75 Å². The topological polar surface area (TPSA) is 96.7 Å². The van der Waals surface area contributed by atoms with Crippen molar-refractivity contribution in [1.82, 2.24) is 5.32 Å². The van der Waals surface area contributed by atoms with Crippen molar-refractivity contribution in [3.05, 3.63) is 42.0 Å². The number of rotatable bonds is 5. The van der Waals surface area contributed by atoms with Gasteiger partial charge in [-0.25, -0.2) is 0 Å². The zero-order valence-corrected chi connectivity index (χ0v) is 22.7. The van der Waals surface area contributed by atoms with Gasteiger partial charge >= 0.3 is 0 Å². The van der Waals surface area contributed by atoms with Crippen LogP contribution in [-0.2, 0) is 6.54 Å². The minimum absolute atomic E-state index is 0.295. The van der Waals surface area contributed by atoms with Crippen LogP contribution in [0.1, 0.15) is 86.1 Å². The first kappa shape index (κ1) is 29.9. The van der Waals surface area contributed by atoms with E-state index >= 15 is 0 Å². The van der Waals surface area contributed by atoms with E-state index in [2.05, 4.69) is 51.1 Å². The molecule has 34 heavy (non-hydrogen) atoms. The number of nitrogens with zero attached hydrogens (tertiary/aromatic N) is 1. The molecule has 0 aliphatic heterocycles. The Morgan fingerprint density at radius 2 is 1.59 bits per heavy atom. The minimum atomic E-state index is 0.295. The molecule has 3 rings (SSSR count). The van der Waals surface area contributed by atoms with Crippen molar-refractivity contribution in [2.45, 2.75) is 93.2 Å². The monoisotopic (exact) mass is 470 g/mol. The number of benzene rings is 2. The molecule has 5 heteroatoms. The SMILES string of the molecule is C/C(CNCc1ccc2cc(O)ccc2c1)=N\N.CC(C)(C)C1CCCCC1.CC(C)C(C)N. The van der Waals surface area contributed by atoms with E-state index in [0.29, 0.717) is 29.7 Å². The Hall–Kier alpha value is -2.11. The van der Waals surface area contributed by atoms with Crippen LogP contribution in [0.2, 0.25) is 0 Å². The van der Waals surface area contributed by atoms with Crippen molar-refractivity contribution in [2.24, 2.45) is 33.9 Å². The third-order valence-electron chi connectivity index (χ3n) is 6.70. The van der Waals surface area contributed by atoms with E-state index in [1.54, 1.807) is 12.1 Å². The average molecular weight is 471 g/mol. The molecular weight excluding hydrogens is 420 g/mol. The van der Waals surface area contributed by atoms with E-state index in [1.165, 1.54) is 37.7 Å². The first-order chi connectivity index (χ1) is 15.9. The van der Waals surface area contributed by atoms with Gasteiger partial charge in [0.2, 0.25) is 0 Å². The third-order valence-corrected chi connectivity index (χ3v) is 6.70. The lowest BCUT2D eigenvalue weighted by atomic mass is 9.72. The van der Waals surface area contributed by atoms with Gasteiger partial charge in [-0.05, 0) is 78.5 Å². The van der Waals surface area contributed by atoms with Crippen LogP contribution in [0.4, 0.5) is 0 Å². The molecule has 1 aliphatic carbocycles. The Morgan fingerprint density at radius 1 is 1.03 bits per heavy atom. The summed E-state index contributed by atoms with van der Waals surface area (Å²) < 4.78 is 0. The summed E-state index contributed by atoms with van der Waals surface area (Å²) in [4.78, 5) is 0. The molecule has 2 aromatic rings. The molecule has 192 valence electrons. The van der Waals surface area contributed by atoms with Crippen LogP contribution in [0.25, 0.3) is 10.8 Å². The molecule has 0 saturated heterocycles. The Labute approximate surface area is 208 Å². The number of phenolic OH excluding ortho intramolecular Hbond substituents is 1. The molecular formula is C29H50N4O. The fourth-order valence-electron chi connectivity index (χ4n) is 3.79. The average Bonchev–Trinajstić information content (AvgIpc) is 2.80. The van der Waals surface area contributed by atoms with Gasteiger partial charge in [-0.1, -0.05) is 72.1 Å². The van der Waals surface area contributed by atoms with Crippen molar-refractivity contribution in [1.29, 1.82) is 0 Å². The van der Waals surface area contributed by atoms with Gasteiger partial charge in [-0.2, -0.15) is 5.10 Å². The summed E-state index contributed by atoms with van der Waals surface area (Å²) in [7, 11) is 0. The molecule has 1 aliphatic rings. The highest BCUT2D eigenvalue weighted by atomic mass is 16.3. The number of aromatic hydroxyl groups is 1. The number of phenols is 1. The molecule has 0 bridgehead atoms. The first-order valence-corrected chi connectivity index (χ1v) is 12.8. The quantitative estimate of drug-likeness (QED) is 0.226. The number of hydrogen-bond acceptors (Lipinski definition) is 5. The van der Waals surface area contributed by atoms with Gasteiger partial charge in [-0.15, -0.1) is 0 Å². The highest BCUT2D eigenvalue weighted by Gasteiger charge is 2.25. The standard InChI is InChI=1S/C14H17N3O.C10H20.C5H13N/c1-10(17-15)8-16-9-11-2-3-13-7-14(18)5-4-12(13)6-11;1-10(2,3)9-7-5-4-6-8-9;1-4(2)5(3)6/h2-7,16,18H,8-9,15H2,1H3;9H,4-8H2,1-3H3;4-5H,6H2,1-3H3/b17-10+;;. The maximum atomic E-state index is 9.39. The second kappa shape index (κ2) is 15.0. The molecule has 0 amide bonds. The zero-order valence-electron chi connectivity index (χ0n) is 22.7. The molecule has 6 N–H and O–H groups in total. The van der Waals surface area contributed by atoms with Crippen molar-refractivity contribution in [2.75, 3.05) is 6.54 Å². The summed E-state index contributed by atoms with van der Waals surface area (Å²) in [6.07, 6.45) is 7.38. The molecule has 1 saturated carbocycles. The molecule has 0 heterocycles. The van der Waals surface area contributed by atoms with Gasteiger partial charge in [0.25, 0.3) is 0 Å². The van der Waals surface area contributed by atoms with Crippen molar-refractivity contribution >= 4 is 16.5 Å². The Morgan fingerprint density at radius 3 is 2.09 bits per heavy atom. The summed E-state index contributed by atoms with van der Waals surface area (Å²) in [6, 6.07) is 11.9. The predicted octanol–water partition coefficient (Wildman–Crippen LogP) is 6.57. The van der Waals surface area contributed by atoms with Crippen LogP contribution in [0.3, 0.4) is 0 Å². The van der Waals surface area contributed by atoms with Crippen molar-refractivity contribution < 1.29 is 5.11 Å². The second-order valence-corrected chi connectivity index (χ2v) is 11.1. The molecule has 0 aromatic heterocycles. The summed E-state index contributed by atoms with van der Waals surface area (Å²) in [5, 5.41) is 18.4. The fourth-order valence-corrected chi connectivity index (χ4v) is 3.79. The smallest absolute Gasteiger partial charge is 0.116 e. The van der Waals surface area contributed by atoms with Gasteiger partial charge in [0.05, 0.1) is 0 Å². The lowest BCUT2D eigenvalue weighted by Gasteiger charge is -2.33. The molecule has 0 spiro atoms. The summed E-state index contributed by atoms with van der Waals surface area (Å²) in [6.45, 7) is 16.7. The van der Waals surface area contributed by atoms with Crippen molar-refractivity contribution in [3.8, 4) is 5.75 Å². The van der Waals surface area contributed by atoms with Gasteiger partial charge < -0.3 is 22.0 Å². The van der Waals surface area contributed by atoms with E-state index in [1.807, 2.05) is 32.0 Å². The van der Waals surface area contributed by atoms with Crippen LogP contribution >= 0.6 is 0 Å². The van der Waals surface area contributed by atoms with Crippen LogP contribution in [0.15, 0.2) is 41.5 Å². The summed E-state index contributed by atoms with van der Waals surface area (Å²) in [5.74, 6) is 7.09. The zero-order chi connectivity index (χ0) is 25.7. The van der Waals surface area contributed by atoms with Crippen molar-refractivity contribution in [3.63, 3.8) is 0 Å². The van der Waals surface area contributed by atoms with E-state index in [-0.39, 0.29) is 0 Å². The summed E-state index contributed by atoms with van der Waals surface area (Å²) in [5.41, 5.74) is 8.07. The minimum Gasteiger partial charge on any atom is -0.508 e. The number of nitrogens with one attached hydrogen (secondary N) is 1. The molecule has 5 nitrogen and oxygen atoms in total. The lowest BCUT2D eigenvalue weighted by Crippen LogP contribution is -2.22. The fraction of sp³-hybridized carbons (Fsp3) is 0.621. The van der Waals surface area contributed by atoms with Gasteiger partial charge in [0.1, 0.15) is 5.75 Å². The number of nitrogens with two attached hydrogens (primary N) is 2. The van der Waals surface area contributed by atoms with E-state index in [0.717, 1.165) is 28.9 Å². The van der Waals surface area contributed by atoms with Crippen LogP contribution < -0.4 is 16.9 Å². The molecule has 1 atom stereocenters. The van der Waals surface area contributed by atoms with E-state index in [9.17, 15) is 5.11 Å².